The number of carbonyl (C=O) groups excluding carboxylic acids is 2. The second kappa shape index (κ2) is 5.57. The number of carbonyl (C=O) groups is 2. The van der Waals surface area contributed by atoms with Gasteiger partial charge in [0.25, 0.3) is 0 Å². The van der Waals surface area contributed by atoms with Gasteiger partial charge < -0.3 is 5.32 Å². The minimum Gasteiger partial charge on any atom is -0.326 e. The second-order valence-corrected chi connectivity index (χ2v) is 6.61. The molecule has 1 saturated heterocycles. The molecule has 2 aliphatic heterocycles. The number of benzene rings is 1. The molecule has 3 rings (SSSR count). The summed E-state index contributed by atoms with van der Waals surface area (Å²) >= 11 is 4.73. The lowest BCUT2D eigenvalue weighted by atomic mass is 10.2. The van der Waals surface area contributed by atoms with Gasteiger partial charge in [-0.1, -0.05) is 27.7 Å². The van der Waals surface area contributed by atoms with Crippen molar-refractivity contribution in [3.05, 3.63) is 28.7 Å². The Labute approximate surface area is 128 Å². The Morgan fingerprint density at radius 1 is 1.45 bits per heavy atom. The average Bonchev–Trinajstić information content (AvgIpc) is 2.97. The molecule has 5 nitrogen and oxygen atoms in total. The summed E-state index contributed by atoms with van der Waals surface area (Å²) < 4.78 is 0.954. The molecule has 0 unspecified atom stereocenters. The Morgan fingerprint density at radius 3 is 2.90 bits per heavy atom. The molecule has 1 aromatic rings. The van der Waals surface area contributed by atoms with Crippen LogP contribution in [0, 0.1) is 0 Å². The van der Waals surface area contributed by atoms with Crippen molar-refractivity contribution in [1.82, 2.24) is 4.90 Å². The molecule has 2 amide bonds. The number of aliphatic imine (C=N–C) groups is 1. The van der Waals surface area contributed by atoms with E-state index in [9.17, 15) is 9.59 Å². The van der Waals surface area contributed by atoms with E-state index in [1.165, 1.54) is 11.8 Å². The maximum atomic E-state index is 12.1. The van der Waals surface area contributed by atoms with E-state index in [-0.39, 0.29) is 23.5 Å². The zero-order valence-corrected chi connectivity index (χ0v) is 12.9. The number of anilines is 1. The van der Waals surface area contributed by atoms with Crippen LogP contribution in [0.25, 0.3) is 0 Å². The largest absolute Gasteiger partial charge is 0.326 e. The third kappa shape index (κ3) is 2.73. The van der Waals surface area contributed by atoms with Gasteiger partial charge in [-0.3, -0.25) is 19.5 Å². The van der Waals surface area contributed by atoms with E-state index in [1.807, 2.05) is 24.3 Å². The van der Waals surface area contributed by atoms with Gasteiger partial charge in [-0.25, -0.2) is 0 Å². The van der Waals surface area contributed by atoms with Crippen molar-refractivity contribution in [3.8, 4) is 0 Å². The number of fused-ring (bicyclic) bond motifs is 1. The minimum atomic E-state index is -0.343. The Bertz CT molecular complexity index is 588. The van der Waals surface area contributed by atoms with Crippen LogP contribution in [-0.4, -0.2) is 40.2 Å². The number of halogens is 1. The molecule has 1 atom stereocenters. The topological polar surface area (TPSA) is 61.8 Å². The molecule has 0 saturated carbocycles. The second-order valence-electron chi connectivity index (χ2n) is 4.52. The highest BCUT2D eigenvalue weighted by Crippen LogP contribution is 2.31. The molecule has 0 bridgehead atoms. The van der Waals surface area contributed by atoms with E-state index < -0.39 is 0 Å². The van der Waals surface area contributed by atoms with E-state index in [0.717, 1.165) is 15.3 Å². The molecule has 0 spiro atoms. The summed E-state index contributed by atoms with van der Waals surface area (Å²) in [5.74, 6) is -0.155. The number of rotatable bonds is 3. The van der Waals surface area contributed by atoms with Gasteiger partial charge in [-0.05, 0) is 24.3 Å². The molecule has 7 heteroatoms. The van der Waals surface area contributed by atoms with Crippen LogP contribution in [0.3, 0.4) is 0 Å². The van der Waals surface area contributed by atoms with E-state index in [1.54, 1.807) is 4.90 Å². The summed E-state index contributed by atoms with van der Waals surface area (Å²) in [6, 6.07) is 7.34. The third-order valence-electron chi connectivity index (χ3n) is 3.09. The predicted octanol–water partition coefficient (Wildman–Crippen LogP) is 2.09. The molecule has 1 N–H and O–H groups in total. The lowest BCUT2D eigenvalue weighted by Gasteiger charge is -2.10. The fourth-order valence-corrected chi connectivity index (χ4v) is 3.58. The Morgan fingerprint density at radius 2 is 2.20 bits per heavy atom. The van der Waals surface area contributed by atoms with Gasteiger partial charge in [0.1, 0.15) is 5.25 Å². The highest BCUT2D eigenvalue weighted by molar-refractivity contribution is 9.10. The molecular weight excluding hydrogens is 342 g/mol. The van der Waals surface area contributed by atoms with Crippen LogP contribution >= 0.6 is 27.7 Å². The number of nitrogens with one attached hydrogen (secondary N) is 1. The SMILES string of the molecule is O=C(C[C@H]1SC2=NCCN2C1=O)Nc1ccc(Br)cc1. The van der Waals surface area contributed by atoms with Gasteiger partial charge in [0.05, 0.1) is 6.54 Å². The molecule has 2 aliphatic rings. The van der Waals surface area contributed by atoms with E-state index in [0.29, 0.717) is 13.1 Å². The summed E-state index contributed by atoms with van der Waals surface area (Å²) in [7, 11) is 0. The summed E-state index contributed by atoms with van der Waals surface area (Å²) in [4.78, 5) is 29.9. The summed E-state index contributed by atoms with van der Waals surface area (Å²) in [5, 5.41) is 3.22. The highest BCUT2D eigenvalue weighted by atomic mass is 79.9. The number of hydrogen-bond donors (Lipinski definition) is 1. The standard InChI is InChI=1S/C13H12BrN3O2S/c14-8-1-3-9(4-2-8)16-11(18)7-10-12(19)17-6-5-15-13(17)20-10/h1-4,10H,5-7H2,(H,16,18)/t10-/m1/s1. The maximum absolute atomic E-state index is 12.1. The monoisotopic (exact) mass is 353 g/mol. The molecule has 104 valence electrons. The van der Waals surface area contributed by atoms with Crippen molar-refractivity contribution >= 4 is 50.4 Å². The zero-order valence-electron chi connectivity index (χ0n) is 10.5. The Kier molecular flexibility index (Phi) is 3.80. The molecule has 20 heavy (non-hydrogen) atoms. The van der Waals surface area contributed by atoms with Crippen LogP contribution in [0.5, 0.6) is 0 Å². The first-order chi connectivity index (χ1) is 9.63. The lowest BCUT2D eigenvalue weighted by molar-refractivity contribution is -0.127. The van der Waals surface area contributed by atoms with E-state index >= 15 is 0 Å². The third-order valence-corrected chi connectivity index (χ3v) is 4.83. The van der Waals surface area contributed by atoms with Gasteiger partial charge in [0, 0.05) is 23.1 Å². The van der Waals surface area contributed by atoms with Crippen molar-refractivity contribution in [3.63, 3.8) is 0 Å². The van der Waals surface area contributed by atoms with Gasteiger partial charge >= 0.3 is 0 Å². The first-order valence-electron chi connectivity index (χ1n) is 6.21. The fraction of sp³-hybridized carbons (Fsp3) is 0.308. The Balaban J connectivity index is 1.59. The highest BCUT2D eigenvalue weighted by Gasteiger charge is 2.40. The number of amidine groups is 1. The first-order valence-corrected chi connectivity index (χ1v) is 7.88. The molecule has 0 aromatic heterocycles. The van der Waals surface area contributed by atoms with Crippen LogP contribution in [0.15, 0.2) is 33.7 Å². The van der Waals surface area contributed by atoms with Crippen LogP contribution in [-0.2, 0) is 9.59 Å². The van der Waals surface area contributed by atoms with Crippen LogP contribution in [0.1, 0.15) is 6.42 Å². The van der Waals surface area contributed by atoms with Crippen LogP contribution in [0.4, 0.5) is 5.69 Å². The van der Waals surface area contributed by atoms with Crippen LogP contribution in [0.2, 0.25) is 0 Å². The zero-order chi connectivity index (χ0) is 14.1. The van der Waals surface area contributed by atoms with Gasteiger partial charge in [-0.2, -0.15) is 0 Å². The molecule has 0 radical (unpaired) electrons. The van der Waals surface area contributed by atoms with Crippen molar-refractivity contribution in [2.75, 3.05) is 18.4 Å². The van der Waals surface area contributed by atoms with E-state index in [4.69, 9.17) is 0 Å². The number of amides is 2. The minimum absolute atomic E-state index is 0.00259. The Hall–Kier alpha value is -1.34. The van der Waals surface area contributed by atoms with Crippen molar-refractivity contribution in [2.24, 2.45) is 4.99 Å². The van der Waals surface area contributed by atoms with Crippen molar-refractivity contribution < 1.29 is 9.59 Å². The maximum Gasteiger partial charge on any atom is 0.242 e. The number of nitrogens with zero attached hydrogens (tertiary/aromatic N) is 2. The van der Waals surface area contributed by atoms with Gasteiger partial charge in [0.2, 0.25) is 11.8 Å². The quantitative estimate of drug-likeness (QED) is 0.904. The smallest absolute Gasteiger partial charge is 0.242 e. The summed E-state index contributed by atoms with van der Waals surface area (Å²) in [5.41, 5.74) is 0.728. The van der Waals surface area contributed by atoms with E-state index in [2.05, 4.69) is 26.2 Å². The molecule has 1 aromatic carbocycles. The van der Waals surface area contributed by atoms with Crippen molar-refractivity contribution in [1.29, 1.82) is 0 Å². The molecule has 0 aliphatic carbocycles. The average molecular weight is 354 g/mol. The summed E-state index contributed by atoms with van der Waals surface area (Å²) in [6.45, 7) is 1.32. The fourth-order valence-electron chi connectivity index (χ4n) is 2.13. The van der Waals surface area contributed by atoms with Gasteiger partial charge in [0.15, 0.2) is 5.17 Å². The van der Waals surface area contributed by atoms with Crippen molar-refractivity contribution in [2.45, 2.75) is 11.7 Å². The molecular formula is C13H12BrN3O2S. The predicted molar refractivity (Wildman–Crippen MR) is 82.8 cm³/mol. The molecule has 1 fully saturated rings. The normalized spacial score (nSPS) is 20.9. The summed E-state index contributed by atoms with van der Waals surface area (Å²) in [6.07, 6.45) is 0.176. The number of thioether (sulfide) groups is 1. The number of hydrogen-bond acceptors (Lipinski definition) is 4. The lowest BCUT2D eigenvalue weighted by Crippen LogP contribution is -2.32. The van der Waals surface area contributed by atoms with Crippen LogP contribution < -0.4 is 5.32 Å². The van der Waals surface area contributed by atoms with Gasteiger partial charge in [-0.15, -0.1) is 0 Å². The molecule has 2 heterocycles. The first kappa shape index (κ1) is 13.6.